The molecule has 0 fully saturated rings. The van der Waals surface area contributed by atoms with Crippen molar-refractivity contribution in [3.63, 3.8) is 0 Å². The van der Waals surface area contributed by atoms with Gasteiger partial charge in [0, 0.05) is 17.3 Å². The van der Waals surface area contributed by atoms with E-state index in [1.54, 1.807) is 35.8 Å². The normalized spacial score (nSPS) is 15.4. The standard InChI is InChI=1S/C23H18FN3O2/c1-14-11-19-21(23(28)27(14)13-15-7-3-2-4-8-15)20(17(12-25)22(26)29-19)16-9-5-6-10-18(16)24/h2-11,20H,13,26H2,1H3/t20-/m1/s1. The molecule has 4 rings (SSSR count). The molecular weight excluding hydrogens is 369 g/mol. The largest absolute Gasteiger partial charge is 0.440 e. The first-order chi connectivity index (χ1) is 14.0. The predicted molar refractivity (Wildman–Crippen MR) is 107 cm³/mol. The van der Waals surface area contributed by atoms with Gasteiger partial charge >= 0.3 is 0 Å². The summed E-state index contributed by atoms with van der Waals surface area (Å²) in [5.74, 6) is -1.31. The van der Waals surface area contributed by atoms with E-state index in [1.807, 2.05) is 36.4 Å². The minimum Gasteiger partial charge on any atom is -0.440 e. The second-order valence-electron chi connectivity index (χ2n) is 6.89. The van der Waals surface area contributed by atoms with Crippen molar-refractivity contribution in [2.75, 3.05) is 0 Å². The molecule has 29 heavy (non-hydrogen) atoms. The highest BCUT2D eigenvalue weighted by molar-refractivity contribution is 5.55. The first-order valence-electron chi connectivity index (χ1n) is 9.11. The zero-order valence-corrected chi connectivity index (χ0v) is 15.7. The molecule has 3 aromatic rings. The quantitative estimate of drug-likeness (QED) is 0.745. The molecule has 0 saturated heterocycles. The Morgan fingerprint density at radius 2 is 1.86 bits per heavy atom. The van der Waals surface area contributed by atoms with E-state index in [0.717, 1.165) is 5.56 Å². The number of pyridine rings is 1. The molecule has 1 aliphatic rings. The molecule has 0 aliphatic carbocycles. The fourth-order valence-corrected chi connectivity index (χ4v) is 3.67. The van der Waals surface area contributed by atoms with Gasteiger partial charge in [-0.15, -0.1) is 0 Å². The van der Waals surface area contributed by atoms with E-state index in [-0.39, 0.29) is 33.9 Å². The molecule has 6 heteroatoms. The molecule has 0 spiro atoms. The Bertz CT molecular complexity index is 1220. The van der Waals surface area contributed by atoms with Gasteiger partial charge in [0.25, 0.3) is 5.56 Å². The third-order valence-corrected chi connectivity index (χ3v) is 5.09. The molecule has 0 saturated carbocycles. The lowest BCUT2D eigenvalue weighted by Gasteiger charge is -2.27. The Morgan fingerprint density at radius 1 is 1.17 bits per heavy atom. The third-order valence-electron chi connectivity index (χ3n) is 5.09. The number of rotatable bonds is 3. The average Bonchev–Trinajstić information content (AvgIpc) is 2.71. The summed E-state index contributed by atoms with van der Waals surface area (Å²) in [4.78, 5) is 13.5. The first kappa shape index (κ1) is 18.5. The number of allylic oxidation sites excluding steroid dienone is 1. The summed E-state index contributed by atoms with van der Waals surface area (Å²) in [5.41, 5.74) is 7.69. The molecule has 1 atom stereocenters. The maximum absolute atomic E-state index is 14.6. The van der Waals surface area contributed by atoms with Crippen LogP contribution in [-0.4, -0.2) is 4.57 Å². The van der Waals surface area contributed by atoms with Crippen LogP contribution in [0.1, 0.15) is 28.3 Å². The van der Waals surface area contributed by atoms with Crippen molar-refractivity contribution in [1.82, 2.24) is 4.57 Å². The Morgan fingerprint density at radius 3 is 2.55 bits per heavy atom. The third kappa shape index (κ3) is 3.17. The molecular formula is C23H18FN3O2. The van der Waals surface area contributed by atoms with Gasteiger partial charge in [0.05, 0.1) is 18.0 Å². The highest BCUT2D eigenvalue weighted by atomic mass is 19.1. The highest BCUT2D eigenvalue weighted by Crippen LogP contribution is 2.41. The van der Waals surface area contributed by atoms with Crippen molar-refractivity contribution in [2.24, 2.45) is 5.73 Å². The molecule has 0 bridgehead atoms. The van der Waals surface area contributed by atoms with Crippen LogP contribution in [0.4, 0.5) is 4.39 Å². The number of hydrogen-bond donors (Lipinski definition) is 1. The van der Waals surface area contributed by atoms with Crippen LogP contribution in [0.25, 0.3) is 0 Å². The molecule has 144 valence electrons. The number of nitrogens with two attached hydrogens (primary N) is 1. The average molecular weight is 387 g/mol. The number of aryl methyl sites for hydroxylation is 1. The maximum Gasteiger partial charge on any atom is 0.259 e. The minimum absolute atomic E-state index is 0.0230. The van der Waals surface area contributed by atoms with Crippen LogP contribution in [0.3, 0.4) is 0 Å². The van der Waals surface area contributed by atoms with Crippen LogP contribution in [0.2, 0.25) is 0 Å². The van der Waals surface area contributed by atoms with E-state index in [2.05, 4.69) is 0 Å². The van der Waals surface area contributed by atoms with Crippen LogP contribution < -0.4 is 16.0 Å². The second-order valence-corrected chi connectivity index (χ2v) is 6.89. The van der Waals surface area contributed by atoms with Gasteiger partial charge in [-0.05, 0) is 18.6 Å². The van der Waals surface area contributed by atoms with Gasteiger partial charge in [-0.3, -0.25) is 4.79 Å². The number of nitrogens with zero attached hydrogens (tertiary/aromatic N) is 2. The molecule has 1 aromatic heterocycles. The van der Waals surface area contributed by atoms with Crippen LogP contribution in [0, 0.1) is 24.1 Å². The first-order valence-corrected chi connectivity index (χ1v) is 9.11. The van der Waals surface area contributed by atoms with Crippen LogP contribution >= 0.6 is 0 Å². The number of aromatic nitrogens is 1. The summed E-state index contributed by atoms with van der Waals surface area (Å²) in [6.45, 7) is 2.15. The molecule has 5 nitrogen and oxygen atoms in total. The molecule has 1 aliphatic heterocycles. The Kier molecular flexibility index (Phi) is 4.65. The lowest BCUT2D eigenvalue weighted by atomic mass is 9.83. The number of nitriles is 1. The van der Waals surface area contributed by atoms with E-state index >= 15 is 0 Å². The van der Waals surface area contributed by atoms with Gasteiger partial charge in [0.15, 0.2) is 0 Å². The molecule has 2 N–H and O–H groups in total. The van der Waals surface area contributed by atoms with Gasteiger partial charge in [0.2, 0.25) is 5.88 Å². The van der Waals surface area contributed by atoms with Crippen molar-refractivity contribution in [1.29, 1.82) is 5.26 Å². The Balaban J connectivity index is 1.96. The van der Waals surface area contributed by atoms with Crippen molar-refractivity contribution in [2.45, 2.75) is 19.4 Å². The predicted octanol–water partition coefficient (Wildman–Crippen LogP) is 3.56. The summed E-state index contributed by atoms with van der Waals surface area (Å²) in [6, 6.07) is 19.3. The number of fused-ring (bicyclic) bond motifs is 1. The zero-order chi connectivity index (χ0) is 20.5. The van der Waals surface area contributed by atoms with E-state index in [9.17, 15) is 14.4 Å². The molecule has 2 heterocycles. The summed E-state index contributed by atoms with van der Waals surface area (Å²) in [6.07, 6.45) is 0. The van der Waals surface area contributed by atoms with Crippen molar-refractivity contribution < 1.29 is 9.13 Å². The van der Waals surface area contributed by atoms with E-state index in [1.165, 1.54) is 6.07 Å². The van der Waals surface area contributed by atoms with Crippen LogP contribution in [-0.2, 0) is 6.54 Å². The van der Waals surface area contributed by atoms with E-state index < -0.39 is 11.7 Å². The second kappa shape index (κ2) is 7.28. The number of benzene rings is 2. The van der Waals surface area contributed by atoms with E-state index in [4.69, 9.17) is 10.5 Å². The molecule has 0 unspecified atom stereocenters. The minimum atomic E-state index is -0.930. The fraction of sp³-hybridized carbons (Fsp3) is 0.130. The highest BCUT2D eigenvalue weighted by Gasteiger charge is 2.35. The molecule has 2 aromatic carbocycles. The summed E-state index contributed by atoms with van der Waals surface area (Å²) < 4.78 is 21.8. The van der Waals surface area contributed by atoms with Gasteiger partial charge in [-0.2, -0.15) is 5.26 Å². The number of halogens is 1. The SMILES string of the molecule is Cc1cc2c(c(=O)n1Cc1ccccc1)[C@H](c1ccccc1F)C(C#N)=C(N)O2. The monoisotopic (exact) mass is 387 g/mol. The van der Waals surface area contributed by atoms with Gasteiger partial charge < -0.3 is 15.0 Å². The van der Waals surface area contributed by atoms with Crippen molar-refractivity contribution in [3.8, 4) is 11.8 Å². The van der Waals surface area contributed by atoms with Gasteiger partial charge in [-0.25, -0.2) is 4.39 Å². The Labute approximate surface area is 167 Å². The van der Waals surface area contributed by atoms with E-state index in [0.29, 0.717) is 12.2 Å². The summed E-state index contributed by atoms with van der Waals surface area (Å²) >= 11 is 0. The number of hydrogen-bond acceptors (Lipinski definition) is 4. The smallest absolute Gasteiger partial charge is 0.259 e. The van der Waals surface area contributed by atoms with Gasteiger partial charge in [0.1, 0.15) is 23.2 Å². The fourth-order valence-electron chi connectivity index (χ4n) is 3.67. The zero-order valence-electron chi connectivity index (χ0n) is 15.7. The lowest BCUT2D eigenvalue weighted by Crippen LogP contribution is -2.33. The van der Waals surface area contributed by atoms with Crippen molar-refractivity contribution in [3.05, 3.63) is 111 Å². The van der Waals surface area contributed by atoms with Crippen LogP contribution in [0.5, 0.6) is 5.75 Å². The Hall–Kier alpha value is -3.85. The topological polar surface area (TPSA) is 81.0 Å². The summed E-state index contributed by atoms with van der Waals surface area (Å²) in [7, 11) is 0. The summed E-state index contributed by atoms with van der Waals surface area (Å²) in [5, 5.41) is 9.66. The molecule has 0 radical (unpaired) electrons. The maximum atomic E-state index is 14.6. The van der Waals surface area contributed by atoms with Gasteiger partial charge in [-0.1, -0.05) is 48.5 Å². The molecule has 0 amide bonds. The lowest BCUT2D eigenvalue weighted by molar-refractivity contribution is 0.387. The van der Waals surface area contributed by atoms with Crippen molar-refractivity contribution >= 4 is 0 Å². The van der Waals surface area contributed by atoms with Crippen LogP contribution in [0.15, 0.2) is 76.9 Å². The number of ether oxygens (including phenoxy) is 1.